The number of halogens is 3. The van der Waals surface area contributed by atoms with Crippen LogP contribution in [0.25, 0.3) is 0 Å². The lowest BCUT2D eigenvalue weighted by molar-refractivity contribution is -0.140. The molecule has 0 N–H and O–H groups in total. The molecule has 0 spiro atoms. The molecule has 5 heteroatoms. The van der Waals surface area contributed by atoms with Gasteiger partial charge in [-0.3, -0.25) is 4.79 Å². The third-order valence-corrected chi connectivity index (χ3v) is 8.51. The summed E-state index contributed by atoms with van der Waals surface area (Å²) < 4.78 is 43.4. The Kier molecular flexibility index (Phi) is 6.98. The van der Waals surface area contributed by atoms with Crippen molar-refractivity contribution in [2.24, 2.45) is 35.5 Å². The molecule has 0 aliphatic heterocycles. The lowest BCUT2D eigenvalue weighted by Gasteiger charge is -2.45. The summed E-state index contributed by atoms with van der Waals surface area (Å²) in [6, 6.07) is 4.39. The average molecular weight is 437 g/mol. The molecule has 3 saturated carbocycles. The van der Waals surface area contributed by atoms with E-state index in [2.05, 4.69) is 6.92 Å². The van der Waals surface area contributed by atoms with E-state index in [1.54, 1.807) is 0 Å². The fourth-order valence-electron chi connectivity index (χ4n) is 6.56. The van der Waals surface area contributed by atoms with Gasteiger partial charge in [0.2, 0.25) is 0 Å². The van der Waals surface area contributed by atoms with Crippen LogP contribution in [-0.2, 0) is 11.0 Å². The van der Waals surface area contributed by atoms with Gasteiger partial charge in [0, 0.05) is 0 Å². The maximum atomic E-state index is 12.7. The monoisotopic (exact) mass is 436 g/mol. The quantitative estimate of drug-likeness (QED) is 0.358. The molecule has 3 aliphatic rings. The highest BCUT2D eigenvalue weighted by Gasteiger charge is 2.39. The maximum absolute atomic E-state index is 12.7. The largest absolute Gasteiger partial charge is 0.426 e. The molecule has 0 aromatic heterocycles. The van der Waals surface area contributed by atoms with Crippen molar-refractivity contribution in [3.05, 3.63) is 29.8 Å². The molecule has 31 heavy (non-hydrogen) atoms. The summed E-state index contributed by atoms with van der Waals surface area (Å²) in [7, 11) is 0. The van der Waals surface area contributed by atoms with Crippen LogP contribution in [0.4, 0.5) is 13.2 Å². The minimum absolute atomic E-state index is 0.130. The number of benzene rings is 1. The van der Waals surface area contributed by atoms with Crippen LogP contribution < -0.4 is 4.74 Å². The van der Waals surface area contributed by atoms with Crippen molar-refractivity contribution < 1.29 is 22.7 Å². The van der Waals surface area contributed by atoms with Gasteiger partial charge in [0.05, 0.1) is 11.5 Å². The topological polar surface area (TPSA) is 26.3 Å². The van der Waals surface area contributed by atoms with Gasteiger partial charge in [-0.2, -0.15) is 13.2 Å². The summed E-state index contributed by atoms with van der Waals surface area (Å²) in [6.45, 7) is 2.33. The van der Waals surface area contributed by atoms with E-state index in [4.69, 9.17) is 4.74 Å². The highest BCUT2D eigenvalue weighted by molar-refractivity contribution is 5.75. The van der Waals surface area contributed by atoms with E-state index in [9.17, 15) is 18.0 Å². The minimum Gasteiger partial charge on any atom is -0.426 e. The average Bonchev–Trinajstić information content (AvgIpc) is 2.78. The van der Waals surface area contributed by atoms with Crippen LogP contribution in [0, 0.1) is 35.5 Å². The van der Waals surface area contributed by atoms with Crippen molar-refractivity contribution in [1.82, 2.24) is 0 Å². The van der Waals surface area contributed by atoms with Crippen LogP contribution in [0.2, 0.25) is 0 Å². The first kappa shape index (κ1) is 22.7. The van der Waals surface area contributed by atoms with Crippen molar-refractivity contribution >= 4 is 5.97 Å². The molecular weight excluding hydrogens is 401 g/mol. The van der Waals surface area contributed by atoms with Crippen molar-refractivity contribution in [2.45, 2.75) is 83.7 Å². The number of hydrogen-bond donors (Lipinski definition) is 0. The lowest BCUT2D eigenvalue weighted by atomic mass is 9.61. The zero-order chi connectivity index (χ0) is 22.0. The highest BCUT2D eigenvalue weighted by atomic mass is 19.4. The van der Waals surface area contributed by atoms with Gasteiger partial charge in [-0.05, 0) is 112 Å². The Labute approximate surface area is 183 Å². The van der Waals surface area contributed by atoms with E-state index in [1.807, 2.05) is 0 Å². The molecule has 1 aromatic carbocycles. The highest BCUT2D eigenvalue weighted by Crippen LogP contribution is 2.49. The summed E-state index contributed by atoms with van der Waals surface area (Å²) in [4.78, 5) is 12.5. The fraction of sp³-hybridized carbons (Fsp3) is 0.731. The molecule has 2 nitrogen and oxygen atoms in total. The Hall–Kier alpha value is -1.52. The van der Waals surface area contributed by atoms with Crippen molar-refractivity contribution in [3.63, 3.8) is 0 Å². The maximum Gasteiger partial charge on any atom is 0.416 e. The normalized spacial score (nSPS) is 34.1. The first-order valence-corrected chi connectivity index (χ1v) is 12.2. The van der Waals surface area contributed by atoms with E-state index >= 15 is 0 Å². The second-order valence-corrected chi connectivity index (χ2v) is 10.2. The van der Waals surface area contributed by atoms with Crippen LogP contribution in [0.1, 0.15) is 83.1 Å². The van der Waals surface area contributed by atoms with E-state index in [0.29, 0.717) is 0 Å². The molecule has 0 bridgehead atoms. The van der Waals surface area contributed by atoms with Gasteiger partial charge in [-0.25, -0.2) is 0 Å². The summed E-state index contributed by atoms with van der Waals surface area (Å²) in [6.07, 6.45) is 9.17. The molecule has 0 amide bonds. The number of esters is 1. The first-order valence-electron chi connectivity index (χ1n) is 12.2. The smallest absolute Gasteiger partial charge is 0.416 e. The van der Waals surface area contributed by atoms with Gasteiger partial charge in [-0.1, -0.05) is 19.8 Å². The number of carbonyl (C=O) groups is 1. The molecule has 172 valence electrons. The second kappa shape index (κ2) is 9.54. The third kappa shape index (κ3) is 5.46. The Morgan fingerprint density at radius 3 is 2.00 bits per heavy atom. The zero-order valence-corrected chi connectivity index (χ0v) is 18.5. The molecule has 0 saturated heterocycles. The Balaban J connectivity index is 1.24. The van der Waals surface area contributed by atoms with E-state index in [1.165, 1.54) is 57.1 Å². The number of rotatable bonds is 4. The van der Waals surface area contributed by atoms with Gasteiger partial charge in [0.1, 0.15) is 5.75 Å². The van der Waals surface area contributed by atoms with Gasteiger partial charge >= 0.3 is 12.1 Å². The van der Waals surface area contributed by atoms with Crippen LogP contribution >= 0.6 is 0 Å². The van der Waals surface area contributed by atoms with Gasteiger partial charge in [0.25, 0.3) is 0 Å². The summed E-state index contributed by atoms with van der Waals surface area (Å²) in [5, 5.41) is 0. The number of alkyl halides is 3. The number of ether oxygens (including phenoxy) is 1. The fourth-order valence-corrected chi connectivity index (χ4v) is 6.56. The van der Waals surface area contributed by atoms with Crippen LogP contribution in [0.15, 0.2) is 24.3 Å². The molecule has 4 atom stereocenters. The number of hydrogen-bond acceptors (Lipinski definition) is 2. The molecule has 0 radical (unpaired) electrons. The number of carbonyl (C=O) groups excluding carboxylic acids is 1. The predicted molar refractivity (Wildman–Crippen MR) is 114 cm³/mol. The lowest BCUT2D eigenvalue weighted by Crippen LogP contribution is -2.35. The Bertz CT molecular complexity index is 734. The van der Waals surface area contributed by atoms with Gasteiger partial charge in [0.15, 0.2) is 0 Å². The predicted octanol–water partition coefficient (Wildman–Crippen LogP) is 7.66. The van der Waals surface area contributed by atoms with Crippen LogP contribution in [0.5, 0.6) is 5.75 Å². The first-order chi connectivity index (χ1) is 14.8. The van der Waals surface area contributed by atoms with Crippen LogP contribution in [0.3, 0.4) is 0 Å². The standard InChI is InChI=1S/C26H35F3O2/c1-2-17-3-4-22-16-21(10-9-20(22)15-17)18-5-7-19(8-6-18)25(30)31-24-13-11-23(12-14-24)26(27,28)29/h11-14,17-22H,2-10,15-16H2,1H3. The van der Waals surface area contributed by atoms with E-state index in [0.717, 1.165) is 67.4 Å². The minimum atomic E-state index is -4.38. The molecular formula is C26H35F3O2. The van der Waals surface area contributed by atoms with Crippen LogP contribution in [-0.4, -0.2) is 5.97 Å². The summed E-state index contributed by atoms with van der Waals surface area (Å²) in [5.41, 5.74) is -0.731. The summed E-state index contributed by atoms with van der Waals surface area (Å²) >= 11 is 0. The molecule has 4 unspecified atom stereocenters. The SMILES string of the molecule is CCC1CCC2CC(C3CCC(C(=O)Oc4ccc(C(F)(F)F)cc4)CC3)CCC2C1. The molecule has 1 aromatic rings. The van der Waals surface area contributed by atoms with E-state index < -0.39 is 11.7 Å². The number of fused-ring (bicyclic) bond motifs is 1. The molecule has 3 fully saturated rings. The van der Waals surface area contributed by atoms with E-state index in [-0.39, 0.29) is 17.6 Å². The molecule has 4 rings (SSSR count). The zero-order valence-electron chi connectivity index (χ0n) is 18.5. The van der Waals surface area contributed by atoms with Crippen molar-refractivity contribution in [3.8, 4) is 5.75 Å². The second-order valence-electron chi connectivity index (χ2n) is 10.2. The van der Waals surface area contributed by atoms with Gasteiger partial charge < -0.3 is 4.74 Å². The van der Waals surface area contributed by atoms with Gasteiger partial charge in [-0.15, -0.1) is 0 Å². The molecule has 0 heterocycles. The summed E-state index contributed by atoms with van der Waals surface area (Å²) in [5.74, 6) is 4.12. The van der Waals surface area contributed by atoms with Crippen molar-refractivity contribution in [2.75, 3.05) is 0 Å². The van der Waals surface area contributed by atoms with Crippen molar-refractivity contribution in [1.29, 1.82) is 0 Å². The third-order valence-electron chi connectivity index (χ3n) is 8.51. The Morgan fingerprint density at radius 1 is 0.839 bits per heavy atom. The molecule has 3 aliphatic carbocycles. The Morgan fingerprint density at radius 2 is 1.39 bits per heavy atom.